The lowest BCUT2D eigenvalue weighted by atomic mass is 10.1. The number of nitrogens with zero attached hydrogens (tertiary/aromatic N) is 5. The van der Waals surface area contributed by atoms with Gasteiger partial charge < -0.3 is 22.8 Å². The zero-order valence-corrected chi connectivity index (χ0v) is 40.3. The van der Waals surface area contributed by atoms with Crippen LogP contribution >= 0.6 is 34.8 Å². The van der Waals surface area contributed by atoms with Crippen molar-refractivity contribution in [1.82, 2.24) is 19.5 Å². The number of amides is 1. The lowest BCUT2D eigenvalue weighted by Gasteiger charge is -2.44. The van der Waals surface area contributed by atoms with Gasteiger partial charge in [0.1, 0.15) is 24.6 Å². The van der Waals surface area contributed by atoms with Crippen LogP contribution < -0.4 is 4.90 Å². The van der Waals surface area contributed by atoms with Crippen LogP contribution in [0.3, 0.4) is 0 Å². The average Bonchev–Trinajstić information content (AvgIpc) is 3.53. The molecular formula is C36H64Cl3N5O6Si3. The molecule has 2 aromatic heterocycles. The monoisotopic (exact) mass is 851 g/mol. The maximum atomic E-state index is 13.7. The summed E-state index contributed by atoms with van der Waals surface area (Å²) in [4.78, 5) is 28.8. The Labute approximate surface area is 336 Å². The molecule has 3 rings (SSSR count). The normalized spacial score (nSPS) is 21.3. The molecule has 0 aromatic carbocycles. The van der Waals surface area contributed by atoms with Gasteiger partial charge in [-0.15, -0.1) is 6.58 Å². The third kappa shape index (κ3) is 10.1. The zero-order valence-electron chi connectivity index (χ0n) is 35.0. The molecule has 0 N–H and O–H groups in total. The van der Waals surface area contributed by atoms with Crippen LogP contribution in [-0.4, -0.2) is 91.4 Å². The number of aromatic nitrogens is 4. The van der Waals surface area contributed by atoms with E-state index in [9.17, 15) is 4.79 Å². The average molecular weight is 854 g/mol. The topological polar surface area (TPSA) is 110 Å². The van der Waals surface area contributed by atoms with Gasteiger partial charge >= 0.3 is 6.09 Å². The molecule has 17 heteroatoms. The highest BCUT2D eigenvalue weighted by Crippen LogP contribution is 2.47. The van der Waals surface area contributed by atoms with Gasteiger partial charge in [-0.3, -0.25) is 9.47 Å². The molecule has 1 aliphatic heterocycles. The number of halogens is 3. The van der Waals surface area contributed by atoms with Gasteiger partial charge in [0.25, 0.3) is 0 Å². The fraction of sp³-hybridized carbons (Fsp3) is 0.778. The van der Waals surface area contributed by atoms with Crippen molar-refractivity contribution in [3.63, 3.8) is 0 Å². The van der Waals surface area contributed by atoms with E-state index in [0.29, 0.717) is 17.8 Å². The molecule has 0 radical (unpaired) electrons. The molecule has 1 fully saturated rings. The highest BCUT2D eigenvalue weighted by atomic mass is 35.6. The largest absolute Gasteiger partial charge is 0.439 e. The van der Waals surface area contributed by atoms with Gasteiger partial charge in [0.05, 0.1) is 12.9 Å². The van der Waals surface area contributed by atoms with Crippen LogP contribution in [0.5, 0.6) is 0 Å². The van der Waals surface area contributed by atoms with Crippen LogP contribution in [0.25, 0.3) is 11.2 Å². The Bertz CT molecular complexity index is 1610. The summed E-state index contributed by atoms with van der Waals surface area (Å²) in [6, 6.07) is 0. The van der Waals surface area contributed by atoms with Gasteiger partial charge in [-0.1, -0.05) is 103 Å². The minimum atomic E-state index is -2.42. The van der Waals surface area contributed by atoms with Crippen LogP contribution in [0.4, 0.5) is 10.6 Å². The van der Waals surface area contributed by atoms with Gasteiger partial charge in [-0.25, -0.2) is 19.7 Å². The highest BCUT2D eigenvalue weighted by Gasteiger charge is 2.55. The Morgan fingerprint density at radius 2 is 1.36 bits per heavy atom. The summed E-state index contributed by atoms with van der Waals surface area (Å²) in [5.41, 5.74) is -0.689. The Balaban J connectivity index is 2.24. The van der Waals surface area contributed by atoms with E-state index in [1.807, 2.05) is 4.57 Å². The van der Waals surface area contributed by atoms with Gasteiger partial charge in [0.15, 0.2) is 53.8 Å². The summed E-state index contributed by atoms with van der Waals surface area (Å²) in [5, 5.41) is -0.180. The SMILES string of the molecule is C=CCN(C(=O)OC(C)(C)C(Cl)(Cl)Cl)c1ncnc2c1ncn2[C@@H]1O[C@H](CO[Si](C)(C)C(C)(C)C)[C@@H](O[Si](C)(C)C(C)(C)C)[C@H]1O[Si](C)(C)C(C)(C)C. The smallest absolute Gasteiger partial charge is 0.416 e. The van der Waals surface area contributed by atoms with Crippen molar-refractivity contribution in [3.8, 4) is 0 Å². The van der Waals surface area contributed by atoms with Crippen molar-refractivity contribution in [2.75, 3.05) is 18.1 Å². The van der Waals surface area contributed by atoms with Gasteiger partial charge in [0.2, 0.25) is 3.79 Å². The number of imidazole rings is 1. The molecule has 1 aliphatic rings. The minimum Gasteiger partial charge on any atom is -0.439 e. The molecule has 53 heavy (non-hydrogen) atoms. The maximum absolute atomic E-state index is 13.7. The molecule has 11 nitrogen and oxygen atoms in total. The Morgan fingerprint density at radius 1 is 0.849 bits per heavy atom. The van der Waals surface area contributed by atoms with Crippen molar-refractivity contribution >= 4 is 82.8 Å². The second-order valence-electron chi connectivity index (χ2n) is 19.1. The predicted octanol–water partition coefficient (Wildman–Crippen LogP) is 10.8. The molecule has 1 amide bonds. The highest BCUT2D eigenvalue weighted by molar-refractivity contribution is 6.75. The van der Waals surface area contributed by atoms with E-state index >= 15 is 0 Å². The van der Waals surface area contributed by atoms with Crippen molar-refractivity contribution in [2.24, 2.45) is 0 Å². The molecule has 2 aromatic rings. The van der Waals surface area contributed by atoms with E-state index in [0.717, 1.165) is 0 Å². The Hall–Kier alpha value is -1.08. The number of ether oxygens (including phenoxy) is 2. The molecule has 0 aliphatic carbocycles. The van der Waals surface area contributed by atoms with Gasteiger partial charge in [-0.05, 0) is 68.2 Å². The second-order valence-corrected chi connectivity index (χ2v) is 35.7. The molecule has 3 heterocycles. The van der Waals surface area contributed by atoms with Crippen LogP contribution in [0.1, 0.15) is 82.4 Å². The number of hydrogen-bond donors (Lipinski definition) is 0. The summed E-state index contributed by atoms with van der Waals surface area (Å²) in [6.45, 7) is 40.7. The Kier molecular flexibility index (Phi) is 13.7. The molecule has 0 bridgehead atoms. The van der Waals surface area contributed by atoms with E-state index < -0.39 is 65.0 Å². The van der Waals surface area contributed by atoms with Crippen LogP contribution in [0.2, 0.25) is 54.4 Å². The number of carbonyl (C=O) groups excluding carboxylic acids is 1. The third-order valence-electron chi connectivity index (χ3n) is 11.6. The first-order valence-corrected chi connectivity index (χ1v) is 28.1. The number of hydrogen-bond acceptors (Lipinski definition) is 9. The first kappa shape index (κ1) is 46.3. The number of carbonyl (C=O) groups is 1. The van der Waals surface area contributed by atoms with Crippen LogP contribution in [0.15, 0.2) is 25.3 Å². The second kappa shape index (κ2) is 15.7. The van der Waals surface area contributed by atoms with Crippen LogP contribution in [-0.2, 0) is 22.8 Å². The summed E-state index contributed by atoms with van der Waals surface area (Å²) in [6.07, 6.45) is 1.66. The lowest BCUT2D eigenvalue weighted by molar-refractivity contribution is -0.0470. The molecular weight excluding hydrogens is 789 g/mol. The quantitative estimate of drug-likeness (QED) is 0.117. The minimum absolute atomic E-state index is 0.00182. The van der Waals surface area contributed by atoms with E-state index in [1.54, 1.807) is 12.4 Å². The molecule has 0 saturated carbocycles. The summed E-state index contributed by atoms with van der Waals surface area (Å²) in [5.74, 6) is 0.200. The molecule has 0 unspecified atom stereocenters. The van der Waals surface area contributed by atoms with Crippen molar-refractivity contribution in [3.05, 3.63) is 25.3 Å². The fourth-order valence-electron chi connectivity index (χ4n) is 4.81. The number of anilines is 1. The standard InChI is InChI=1S/C36H64Cl3N5O6Si3/c1-19-20-43(31(45)48-35(11,12)36(37,38)39)28-25-29(41-22-40-28)44(23-42-25)30-27(50-53(17,18)34(8,9)10)26(49-52(15,16)33(5,6)7)24(47-30)21-46-51(13,14)32(2,3)4/h19,22-24,26-27,30H,1,20-21H2,2-18H3/t24-,26-,27-,30-/m1/s1. The fourth-order valence-corrected chi connectivity index (χ4v) is 8.54. The van der Waals surface area contributed by atoms with Crippen LogP contribution in [0, 0.1) is 0 Å². The van der Waals surface area contributed by atoms with Gasteiger partial charge in [-0.2, -0.15) is 0 Å². The van der Waals surface area contributed by atoms with E-state index in [2.05, 4.69) is 118 Å². The van der Waals surface area contributed by atoms with Gasteiger partial charge in [0, 0.05) is 6.54 Å². The zero-order chi connectivity index (χ0) is 41.0. The van der Waals surface area contributed by atoms with Crippen molar-refractivity contribution < 1.29 is 27.5 Å². The number of alkyl halides is 3. The maximum Gasteiger partial charge on any atom is 0.416 e. The van der Waals surface area contributed by atoms with E-state index in [4.69, 9.17) is 62.5 Å². The van der Waals surface area contributed by atoms with Crippen molar-refractivity contribution in [1.29, 1.82) is 0 Å². The first-order valence-electron chi connectivity index (χ1n) is 18.2. The molecule has 302 valence electrons. The van der Waals surface area contributed by atoms with Crippen molar-refractivity contribution in [2.45, 2.75) is 164 Å². The first-order chi connectivity index (χ1) is 23.7. The lowest BCUT2D eigenvalue weighted by Crippen LogP contribution is -2.54. The summed E-state index contributed by atoms with van der Waals surface area (Å²) in [7, 11) is -6.97. The molecule has 0 spiro atoms. The molecule has 4 atom stereocenters. The summed E-state index contributed by atoms with van der Waals surface area (Å²) < 4.78 is 34.2. The van der Waals surface area contributed by atoms with E-state index in [1.165, 1.54) is 25.1 Å². The van der Waals surface area contributed by atoms with E-state index in [-0.39, 0.29) is 27.5 Å². The number of rotatable bonds is 12. The molecule has 1 saturated heterocycles. The predicted molar refractivity (Wildman–Crippen MR) is 225 cm³/mol. The number of fused-ring (bicyclic) bond motifs is 1. The third-order valence-corrected chi connectivity index (χ3v) is 26.4. The Morgan fingerprint density at radius 3 is 1.83 bits per heavy atom. The summed E-state index contributed by atoms with van der Waals surface area (Å²) >= 11 is 18.4.